The molecule has 0 radical (unpaired) electrons. The molecule has 1 aromatic carbocycles. The van der Waals surface area contributed by atoms with Crippen LogP contribution in [0.25, 0.3) is 11.3 Å². The van der Waals surface area contributed by atoms with Gasteiger partial charge in [0, 0.05) is 7.05 Å². The number of methoxy groups -OCH3 is 2. The van der Waals surface area contributed by atoms with E-state index in [2.05, 4.69) is 14.1 Å². The first-order valence-corrected chi connectivity index (χ1v) is 5.76. The number of hydrogen-bond acceptors (Lipinski definition) is 6. The fourth-order valence-corrected chi connectivity index (χ4v) is 2.17. The van der Waals surface area contributed by atoms with Crippen LogP contribution in [0.1, 0.15) is 0 Å². The molecule has 0 saturated heterocycles. The third-order valence-electron chi connectivity index (χ3n) is 2.38. The van der Waals surface area contributed by atoms with Crippen molar-refractivity contribution in [1.82, 2.24) is 8.75 Å². The second-order valence-corrected chi connectivity index (χ2v) is 3.78. The summed E-state index contributed by atoms with van der Waals surface area (Å²) < 4.78 is 19.1. The van der Waals surface area contributed by atoms with Crippen LogP contribution < -0.4 is 14.8 Å². The van der Waals surface area contributed by atoms with Gasteiger partial charge in [0.2, 0.25) is 0 Å². The molecule has 0 saturated carbocycles. The Kier molecular flexibility index (Phi) is 3.43. The molecule has 0 atom stereocenters. The predicted octanol–water partition coefficient (Wildman–Crippen LogP) is 2.26. The van der Waals surface area contributed by atoms with Gasteiger partial charge in [-0.05, 0) is 12.1 Å². The summed E-state index contributed by atoms with van der Waals surface area (Å²) >= 11 is 1.16. The molecular weight excluding hydrogens is 238 g/mol. The second-order valence-electron chi connectivity index (χ2n) is 3.25. The molecule has 17 heavy (non-hydrogen) atoms. The maximum Gasteiger partial charge on any atom is 0.170 e. The van der Waals surface area contributed by atoms with E-state index in [9.17, 15) is 0 Å². The van der Waals surface area contributed by atoms with Gasteiger partial charge in [-0.15, -0.1) is 0 Å². The summed E-state index contributed by atoms with van der Waals surface area (Å²) in [6, 6.07) is 5.68. The number of nitrogens with zero attached hydrogens (tertiary/aromatic N) is 2. The van der Waals surface area contributed by atoms with Gasteiger partial charge in [-0.3, -0.25) is 0 Å². The van der Waals surface area contributed by atoms with Gasteiger partial charge in [0.1, 0.15) is 5.69 Å². The number of benzene rings is 1. The molecule has 1 N–H and O–H groups in total. The Bertz CT molecular complexity index is 513. The zero-order valence-corrected chi connectivity index (χ0v) is 10.7. The van der Waals surface area contributed by atoms with E-state index in [0.29, 0.717) is 11.5 Å². The van der Waals surface area contributed by atoms with Gasteiger partial charge in [0.15, 0.2) is 17.3 Å². The van der Waals surface area contributed by atoms with Gasteiger partial charge in [0.05, 0.1) is 31.5 Å². The lowest BCUT2D eigenvalue weighted by Gasteiger charge is -2.11. The van der Waals surface area contributed by atoms with Gasteiger partial charge in [0.25, 0.3) is 0 Å². The number of anilines is 1. The second kappa shape index (κ2) is 5.01. The maximum absolute atomic E-state index is 5.37. The highest BCUT2D eigenvalue weighted by Gasteiger charge is 2.17. The van der Waals surface area contributed by atoms with Crippen LogP contribution >= 0.6 is 11.7 Å². The van der Waals surface area contributed by atoms with Crippen LogP contribution in [-0.2, 0) is 0 Å². The van der Waals surface area contributed by atoms with E-state index in [-0.39, 0.29) is 0 Å². The summed E-state index contributed by atoms with van der Waals surface area (Å²) in [6.07, 6.45) is 0. The standard InChI is InChI=1S/C11H13N3O2S/c1-12-11-9(13-17-14-11)7-5-4-6-8(15-2)10(7)16-3/h4-6H,1-3H3,(H,12,14). The molecule has 90 valence electrons. The molecule has 0 spiro atoms. The largest absolute Gasteiger partial charge is 0.493 e. The highest BCUT2D eigenvalue weighted by atomic mass is 32.1. The van der Waals surface area contributed by atoms with Crippen LogP contribution in [0.15, 0.2) is 18.2 Å². The highest BCUT2D eigenvalue weighted by Crippen LogP contribution is 2.39. The monoisotopic (exact) mass is 251 g/mol. The summed E-state index contributed by atoms with van der Waals surface area (Å²) in [5.74, 6) is 2.08. The van der Waals surface area contributed by atoms with E-state index < -0.39 is 0 Å². The Morgan fingerprint density at radius 1 is 1.18 bits per heavy atom. The molecule has 1 heterocycles. The summed E-state index contributed by atoms with van der Waals surface area (Å²) in [4.78, 5) is 0. The van der Waals surface area contributed by atoms with Crippen molar-refractivity contribution in [1.29, 1.82) is 0 Å². The molecule has 0 fully saturated rings. The maximum atomic E-state index is 5.37. The number of hydrogen-bond donors (Lipinski definition) is 1. The van der Waals surface area contributed by atoms with Crippen LogP contribution in [0.2, 0.25) is 0 Å². The SMILES string of the molecule is CNc1nsnc1-c1cccc(OC)c1OC. The Labute approximate surface area is 104 Å². The molecule has 0 amide bonds. The zero-order chi connectivity index (χ0) is 12.3. The summed E-state index contributed by atoms with van der Waals surface area (Å²) in [5, 5.41) is 3.00. The molecule has 0 aliphatic rings. The summed E-state index contributed by atoms with van der Waals surface area (Å²) in [6.45, 7) is 0. The van der Waals surface area contributed by atoms with Gasteiger partial charge >= 0.3 is 0 Å². The zero-order valence-electron chi connectivity index (χ0n) is 9.85. The molecule has 2 rings (SSSR count). The fraction of sp³-hybridized carbons (Fsp3) is 0.273. The van der Waals surface area contributed by atoms with Crippen molar-refractivity contribution in [3.63, 3.8) is 0 Å². The molecule has 1 aromatic heterocycles. The van der Waals surface area contributed by atoms with Crippen LogP contribution in [0.3, 0.4) is 0 Å². The third-order valence-corrected chi connectivity index (χ3v) is 2.91. The van der Waals surface area contributed by atoms with Crippen molar-refractivity contribution < 1.29 is 9.47 Å². The molecule has 0 unspecified atom stereocenters. The lowest BCUT2D eigenvalue weighted by Crippen LogP contribution is -1.96. The van der Waals surface area contributed by atoms with Crippen molar-refractivity contribution in [3.8, 4) is 22.8 Å². The number of rotatable bonds is 4. The Hall–Kier alpha value is -1.82. The van der Waals surface area contributed by atoms with Crippen LogP contribution in [0, 0.1) is 0 Å². The number of nitrogens with one attached hydrogen (secondary N) is 1. The highest BCUT2D eigenvalue weighted by molar-refractivity contribution is 6.99. The average molecular weight is 251 g/mol. The summed E-state index contributed by atoms with van der Waals surface area (Å²) in [7, 11) is 5.03. The van der Waals surface area contributed by atoms with E-state index in [1.165, 1.54) is 0 Å². The first kappa shape index (κ1) is 11.7. The van der Waals surface area contributed by atoms with Gasteiger partial charge in [-0.25, -0.2) is 0 Å². The lowest BCUT2D eigenvalue weighted by atomic mass is 10.1. The molecule has 5 nitrogen and oxygen atoms in total. The Morgan fingerprint density at radius 2 is 2.00 bits per heavy atom. The molecule has 2 aromatic rings. The first-order valence-electron chi connectivity index (χ1n) is 5.03. The van der Waals surface area contributed by atoms with Gasteiger partial charge < -0.3 is 14.8 Å². The molecule has 6 heteroatoms. The van der Waals surface area contributed by atoms with Crippen molar-refractivity contribution in [2.75, 3.05) is 26.6 Å². The van der Waals surface area contributed by atoms with Crippen LogP contribution in [0.4, 0.5) is 5.82 Å². The number of ether oxygens (including phenoxy) is 2. The minimum Gasteiger partial charge on any atom is -0.493 e. The van der Waals surface area contributed by atoms with E-state index in [4.69, 9.17) is 9.47 Å². The van der Waals surface area contributed by atoms with Gasteiger partial charge in [-0.2, -0.15) is 8.75 Å². The molecule has 0 aliphatic carbocycles. The third kappa shape index (κ3) is 2.03. The first-order chi connectivity index (χ1) is 8.31. The van der Waals surface area contributed by atoms with E-state index in [0.717, 1.165) is 28.8 Å². The van der Waals surface area contributed by atoms with Crippen molar-refractivity contribution in [2.45, 2.75) is 0 Å². The molecular formula is C11H13N3O2S. The predicted molar refractivity (Wildman–Crippen MR) is 68.0 cm³/mol. The fourth-order valence-electron chi connectivity index (χ4n) is 1.60. The van der Waals surface area contributed by atoms with Crippen molar-refractivity contribution in [3.05, 3.63) is 18.2 Å². The van der Waals surface area contributed by atoms with Crippen molar-refractivity contribution >= 4 is 17.5 Å². The number of aromatic nitrogens is 2. The minimum absolute atomic E-state index is 0.666. The Balaban J connectivity index is 2.59. The Morgan fingerprint density at radius 3 is 2.65 bits per heavy atom. The van der Waals surface area contributed by atoms with Gasteiger partial charge in [-0.1, -0.05) is 6.07 Å². The normalized spacial score (nSPS) is 10.1. The smallest absolute Gasteiger partial charge is 0.170 e. The van der Waals surface area contributed by atoms with E-state index >= 15 is 0 Å². The molecule has 0 bridgehead atoms. The van der Waals surface area contributed by atoms with E-state index in [1.807, 2.05) is 25.2 Å². The average Bonchev–Trinajstić information content (AvgIpc) is 2.85. The quantitative estimate of drug-likeness (QED) is 0.903. The lowest BCUT2D eigenvalue weighted by molar-refractivity contribution is 0.356. The van der Waals surface area contributed by atoms with Crippen LogP contribution in [0.5, 0.6) is 11.5 Å². The minimum atomic E-state index is 0.666. The molecule has 0 aliphatic heterocycles. The van der Waals surface area contributed by atoms with Crippen LogP contribution in [-0.4, -0.2) is 30.0 Å². The topological polar surface area (TPSA) is 56.3 Å². The van der Waals surface area contributed by atoms with Crippen molar-refractivity contribution in [2.24, 2.45) is 0 Å². The van der Waals surface area contributed by atoms with E-state index in [1.54, 1.807) is 14.2 Å². The summed E-state index contributed by atoms with van der Waals surface area (Å²) in [5.41, 5.74) is 1.64. The number of para-hydroxylation sites is 1.